The number of nitrogens with zero attached hydrogens (tertiary/aromatic N) is 3. The number of anilines is 1. The molecule has 8 heteroatoms. The van der Waals surface area contributed by atoms with Crippen LogP contribution >= 0.6 is 0 Å². The molecule has 3 heterocycles. The van der Waals surface area contributed by atoms with Crippen LogP contribution in [-0.2, 0) is 20.2 Å². The highest BCUT2D eigenvalue weighted by Crippen LogP contribution is 2.52. The summed E-state index contributed by atoms with van der Waals surface area (Å²) in [5.41, 5.74) is 1.80. The van der Waals surface area contributed by atoms with Crippen LogP contribution in [0.1, 0.15) is 62.0 Å². The molecular formula is C26H28N4O3S. The summed E-state index contributed by atoms with van der Waals surface area (Å²) in [7, 11) is -4.06. The predicted octanol–water partition coefficient (Wildman–Crippen LogP) is 4.03. The zero-order valence-corrected chi connectivity index (χ0v) is 19.9. The van der Waals surface area contributed by atoms with Crippen molar-refractivity contribution >= 4 is 32.7 Å². The maximum Gasteiger partial charge on any atom is 0.264 e. The highest BCUT2D eigenvalue weighted by Gasteiger charge is 2.54. The van der Waals surface area contributed by atoms with Crippen LogP contribution in [0, 0.1) is 0 Å². The number of fused-ring (bicyclic) bond motifs is 1. The number of aromatic nitrogens is 2. The van der Waals surface area contributed by atoms with Gasteiger partial charge in [0.2, 0.25) is 5.91 Å². The van der Waals surface area contributed by atoms with Gasteiger partial charge in [0, 0.05) is 36.4 Å². The van der Waals surface area contributed by atoms with Crippen molar-refractivity contribution in [3.8, 4) is 0 Å². The Morgan fingerprint density at radius 1 is 1.03 bits per heavy atom. The van der Waals surface area contributed by atoms with E-state index in [0.29, 0.717) is 29.7 Å². The first-order valence-corrected chi connectivity index (χ1v) is 13.6. The van der Waals surface area contributed by atoms with Gasteiger partial charge in [0.1, 0.15) is 5.82 Å². The second kappa shape index (κ2) is 8.05. The second-order valence-electron chi connectivity index (χ2n) is 9.80. The van der Waals surface area contributed by atoms with Crippen LogP contribution in [0.15, 0.2) is 53.7 Å². The lowest BCUT2D eigenvalue weighted by Gasteiger charge is -2.29. The number of pyridine rings is 2. The molecule has 176 valence electrons. The van der Waals surface area contributed by atoms with Crippen LogP contribution < -0.4 is 9.62 Å². The Labute approximate surface area is 199 Å². The van der Waals surface area contributed by atoms with Gasteiger partial charge in [-0.3, -0.25) is 9.78 Å². The first kappa shape index (κ1) is 21.5. The molecule has 1 saturated heterocycles. The molecule has 1 amide bonds. The fourth-order valence-electron chi connectivity index (χ4n) is 5.30. The molecule has 0 radical (unpaired) electrons. The summed E-state index contributed by atoms with van der Waals surface area (Å²) in [6.45, 7) is 1.84. The molecule has 0 bridgehead atoms. The van der Waals surface area contributed by atoms with Crippen molar-refractivity contribution in [1.29, 1.82) is 0 Å². The molecule has 2 aromatic heterocycles. The Hall–Kier alpha value is -3.00. The molecule has 3 fully saturated rings. The molecule has 0 atom stereocenters. The lowest BCUT2D eigenvalue weighted by atomic mass is 9.79. The minimum Gasteiger partial charge on any atom is -0.356 e. The Balaban J connectivity index is 1.36. The zero-order valence-electron chi connectivity index (χ0n) is 19.0. The summed E-state index contributed by atoms with van der Waals surface area (Å²) in [4.78, 5) is 25.0. The molecule has 2 saturated carbocycles. The molecule has 7 nitrogen and oxygen atoms in total. The topological polar surface area (TPSA) is 92.3 Å². The third kappa shape index (κ3) is 3.55. The van der Waals surface area contributed by atoms with Crippen molar-refractivity contribution in [3.05, 3.63) is 59.9 Å². The molecule has 3 aromatic rings. The Morgan fingerprint density at radius 2 is 1.82 bits per heavy atom. The van der Waals surface area contributed by atoms with Gasteiger partial charge in [0.15, 0.2) is 0 Å². The summed E-state index contributed by atoms with van der Waals surface area (Å²) >= 11 is 0. The summed E-state index contributed by atoms with van der Waals surface area (Å²) in [6, 6.07) is 10.5. The molecular weight excluding hydrogens is 448 g/mol. The van der Waals surface area contributed by atoms with E-state index in [9.17, 15) is 13.2 Å². The van der Waals surface area contributed by atoms with E-state index < -0.39 is 21.3 Å². The van der Waals surface area contributed by atoms with Gasteiger partial charge in [0.05, 0.1) is 15.8 Å². The smallest absolute Gasteiger partial charge is 0.264 e. The fraction of sp³-hybridized carbons (Fsp3) is 0.423. The van der Waals surface area contributed by atoms with Crippen LogP contribution in [0.3, 0.4) is 0 Å². The molecule has 6 rings (SSSR count). The van der Waals surface area contributed by atoms with Crippen molar-refractivity contribution in [1.82, 2.24) is 14.7 Å². The standard InChI is InChI=1S/C26H28N4O3S/c31-25(29-34(32,33)23-10-4-9-22-20(23)8-5-13-27-22)26(11-12-26)21-16-19(18-6-3-7-18)17-28-24(21)30-14-1-2-15-30/h4-5,8-10,13,16-18H,1-3,6-7,11-12,14-15H2,(H,29,31). The number of amides is 1. The van der Waals surface area contributed by atoms with Crippen molar-refractivity contribution < 1.29 is 13.2 Å². The number of carbonyl (C=O) groups is 1. The number of hydrogen-bond acceptors (Lipinski definition) is 6. The van der Waals surface area contributed by atoms with Crippen molar-refractivity contribution in [3.63, 3.8) is 0 Å². The molecule has 1 aromatic carbocycles. The van der Waals surface area contributed by atoms with Crippen LogP contribution in [0.5, 0.6) is 0 Å². The second-order valence-corrected chi connectivity index (χ2v) is 11.5. The number of nitrogens with one attached hydrogen (secondary N) is 1. The Morgan fingerprint density at radius 3 is 2.53 bits per heavy atom. The van der Waals surface area contributed by atoms with E-state index in [1.807, 2.05) is 6.20 Å². The fourth-order valence-corrected chi connectivity index (χ4v) is 6.57. The average molecular weight is 477 g/mol. The van der Waals surface area contributed by atoms with Gasteiger partial charge < -0.3 is 4.90 Å². The lowest BCUT2D eigenvalue weighted by molar-refractivity contribution is -0.121. The first-order valence-electron chi connectivity index (χ1n) is 12.1. The van der Waals surface area contributed by atoms with E-state index in [2.05, 4.69) is 20.7 Å². The van der Waals surface area contributed by atoms with E-state index in [1.54, 1.807) is 30.5 Å². The third-order valence-electron chi connectivity index (χ3n) is 7.69. The van der Waals surface area contributed by atoms with Crippen LogP contribution in [-0.4, -0.2) is 37.4 Å². The highest BCUT2D eigenvalue weighted by molar-refractivity contribution is 7.90. The average Bonchev–Trinajstić information content (AvgIpc) is 3.44. The van der Waals surface area contributed by atoms with Gasteiger partial charge in [-0.25, -0.2) is 18.1 Å². The van der Waals surface area contributed by atoms with Crippen molar-refractivity contribution in [2.75, 3.05) is 18.0 Å². The van der Waals surface area contributed by atoms with Gasteiger partial charge in [-0.05, 0) is 80.3 Å². The van der Waals surface area contributed by atoms with Gasteiger partial charge in [-0.15, -0.1) is 0 Å². The van der Waals surface area contributed by atoms with Crippen molar-refractivity contribution in [2.45, 2.75) is 61.2 Å². The Bertz CT molecular complexity index is 1370. The van der Waals surface area contributed by atoms with Gasteiger partial charge in [-0.1, -0.05) is 12.5 Å². The van der Waals surface area contributed by atoms with E-state index >= 15 is 0 Å². The van der Waals surface area contributed by atoms with Crippen LogP contribution in [0.2, 0.25) is 0 Å². The quantitative estimate of drug-likeness (QED) is 0.577. The summed E-state index contributed by atoms with van der Waals surface area (Å²) < 4.78 is 29.1. The molecule has 3 aliphatic rings. The first-order chi connectivity index (χ1) is 16.5. The minimum atomic E-state index is -4.06. The summed E-state index contributed by atoms with van der Waals surface area (Å²) in [5, 5.41) is 0.501. The molecule has 1 N–H and O–H groups in total. The molecule has 1 aliphatic heterocycles. The maximum atomic E-state index is 13.6. The number of carbonyl (C=O) groups excluding carboxylic acids is 1. The minimum absolute atomic E-state index is 0.0726. The monoisotopic (exact) mass is 476 g/mol. The zero-order chi connectivity index (χ0) is 23.3. The number of hydrogen-bond donors (Lipinski definition) is 1. The number of sulfonamides is 1. The third-order valence-corrected chi connectivity index (χ3v) is 9.08. The predicted molar refractivity (Wildman–Crippen MR) is 130 cm³/mol. The molecule has 0 unspecified atom stereocenters. The van der Waals surface area contributed by atoms with E-state index in [1.165, 1.54) is 18.1 Å². The molecule has 2 aliphatic carbocycles. The van der Waals surface area contributed by atoms with Crippen molar-refractivity contribution in [2.24, 2.45) is 0 Å². The maximum absolute atomic E-state index is 13.6. The number of rotatable bonds is 6. The SMILES string of the molecule is O=C(NS(=O)(=O)c1cccc2ncccc12)C1(c2cc(C3CCC3)cnc2N2CCCC2)CC1. The highest BCUT2D eigenvalue weighted by atomic mass is 32.2. The largest absolute Gasteiger partial charge is 0.356 e. The van der Waals surface area contributed by atoms with Crippen LogP contribution in [0.25, 0.3) is 10.9 Å². The lowest BCUT2D eigenvalue weighted by Crippen LogP contribution is -2.40. The summed E-state index contributed by atoms with van der Waals surface area (Å²) in [5.74, 6) is 0.881. The normalized spacial score (nSPS) is 19.7. The van der Waals surface area contributed by atoms with Crippen LogP contribution in [0.4, 0.5) is 5.82 Å². The van der Waals surface area contributed by atoms with E-state index in [0.717, 1.165) is 50.2 Å². The Kier molecular flexibility index (Phi) is 5.09. The van der Waals surface area contributed by atoms with Gasteiger partial charge in [-0.2, -0.15) is 0 Å². The van der Waals surface area contributed by atoms with Gasteiger partial charge in [0.25, 0.3) is 10.0 Å². The molecule has 0 spiro atoms. The van der Waals surface area contributed by atoms with E-state index in [4.69, 9.17) is 4.98 Å². The van der Waals surface area contributed by atoms with Gasteiger partial charge >= 0.3 is 0 Å². The van der Waals surface area contributed by atoms with E-state index in [-0.39, 0.29) is 4.90 Å². The summed E-state index contributed by atoms with van der Waals surface area (Å²) in [6.07, 6.45) is 10.6. The number of benzene rings is 1. The molecule has 34 heavy (non-hydrogen) atoms.